The molecule has 80 valence electrons. The van der Waals surface area contributed by atoms with Crippen LogP contribution >= 0.6 is 11.6 Å². The van der Waals surface area contributed by atoms with Crippen molar-refractivity contribution in [3.63, 3.8) is 0 Å². The zero-order chi connectivity index (χ0) is 11.1. The minimum absolute atomic E-state index is 0.173. The molecular weight excluding hydrogens is 206 g/mol. The molecule has 0 spiro atoms. The Morgan fingerprint density at radius 2 is 2.07 bits per heavy atom. The molecule has 0 radical (unpaired) electrons. The van der Waals surface area contributed by atoms with Crippen LogP contribution in [0.3, 0.4) is 0 Å². The molecule has 0 rings (SSSR count). The highest BCUT2D eigenvalue weighted by Crippen LogP contribution is 2.06. The van der Waals surface area contributed by atoms with Crippen LogP contribution in [0.4, 0.5) is 0 Å². The molecule has 1 unspecified atom stereocenters. The van der Waals surface area contributed by atoms with Crippen LogP contribution in [0, 0.1) is 0 Å². The second-order valence-corrected chi connectivity index (χ2v) is 3.42. The van der Waals surface area contributed by atoms with Crippen LogP contribution in [-0.2, 0) is 9.59 Å². The first-order chi connectivity index (χ1) is 6.47. The van der Waals surface area contributed by atoms with Crippen LogP contribution in [0.5, 0.6) is 0 Å². The molecule has 0 aliphatic rings. The average molecular weight is 220 g/mol. The maximum atomic E-state index is 11.1. The van der Waals surface area contributed by atoms with E-state index in [4.69, 9.17) is 16.7 Å². The first kappa shape index (κ1) is 13.0. The van der Waals surface area contributed by atoms with Gasteiger partial charge in [-0.1, -0.05) is 25.1 Å². The second kappa shape index (κ2) is 6.43. The lowest BCUT2D eigenvalue weighted by Crippen LogP contribution is -2.40. The number of allylic oxidation sites excluding steroid dienone is 1. The summed E-state index contributed by atoms with van der Waals surface area (Å²) in [5.74, 6) is -1.34. The van der Waals surface area contributed by atoms with Gasteiger partial charge in [0.2, 0.25) is 5.91 Å². The van der Waals surface area contributed by atoms with E-state index in [1.54, 1.807) is 6.92 Å². The molecule has 0 saturated carbocycles. The summed E-state index contributed by atoms with van der Waals surface area (Å²) in [6, 6.07) is -0.814. The maximum absolute atomic E-state index is 11.1. The van der Waals surface area contributed by atoms with Crippen molar-refractivity contribution >= 4 is 23.5 Å². The van der Waals surface area contributed by atoms with Gasteiger partial charge in [0.05, 0.1) is 0 Å². The molecule has 1 atom stereocenters. The summed E-state index contributed by atoms with van der Waals surface area (Å²) >= 11 is 5.46. The van der Waals surface area contributed by atoms with E-state index in [0.29, 0.717) is 17.9 Å². The molecule has 0 aliphatic heterocycles. The number of rotatable bonds is 6. The summed E-state index contributed by atoms with van der Waals surface area (Å²) in [6.07, 6.45) is 0.901. The summed E-state index contributed by atoms with van der Waals surface area (Å²) in [6.45, 7) is 5.12. The number of hydrogen-bond acceptors (Lipinski definition) is 2. The molecule has 0 heterocycles. The summed E-state index contributed by atoms with van der Waals surface area (Å²) in [5, 5.41) is 11.4. The summed E-state index contributed by atoms with van der Waals surface area (Å²) in [7, 11) is 0. The highest BCUT2D eigenvalue weighted by Gasteiger charge is 2.16. The van der Waals surface area contributed by atoms with Gasteiger partial charge in [-0.2, -0.15) is 0 Å². The maximum Gasteiger partial charge on any atom is 0.326 e. The molecule has 0 aromatic rings. The molecule has 0 aliphatic carbocycles. The highest BCUT2D eigenvalue weighted by atomic mass is 35.5. The lowest BCUT2D eigenvalue weighted by Gasteiger charge is -2.11. The quantitative estimate of drug-likeness (QED) is 0.712. The molecular formula is C9H14ClNO3. The number of carbonyl (C=O) groups is 2. The highest BCUT2D eigenvalue weighted by molar-refractivity contribution is 6.29. The average Bonchev–Trinajstić information content (AvgIpc) is 2.10. The Morgan fingerprint density at radius 3 is 2.43 bits per heavy atom. The molecule has 4 nitrogen and oxygen atoms in total. The molecule has 2 N–H and O–H groups in total. The van der Waals surface area contributed by atoms with E-state index >= 15 is 0 Å². The number of carboxylic acid groups (broad SMARTS) is 1. The van der Waals surface area contributed by atoms with Crippen LogP contribution in [-0.4, -0.2) is 23.0 Å². The molecule has 1 amide bonds. The van der Waals surface area contributed by atoms with E-state index in [1.165, 1.54) is 0 Å². The van der Waals surface area contributed by atoms with Crippen LogP contribution in [0.2, 0.25) is 0 Å². The zero-order valence-corrected chi connectivity index (χ0v) is 8.80. The van der Waals surface area contributed by atoms with E-state index in [0.717, 1.165) is 0 Å². The van der Waals surface area contributed by atoms with Gasteiger partial charge in [0.1, 0.15) is 6.04 Å². The van der Waals surface area contributed by atoms with Crippen molar-refractivity contribution in [3.8, 4) is 0 Å². The standard InChI is InChI=1S/C9H14ClNO3/c1-3-7(9(13)14)11-8(12)5-4-6(2)10/h7H,2-5H2,1H3,(H,11,12)(H,13,14). The summed E-state index contributed by atoms with van der Waals surface area (Å²) in [4.78, 5) is 21.7. The number of nitrogens with one attached hydrogen (secondary N) is 1. The third kappa shape index (κ3) is 5.59. The second-order valence-electron chi connectivity index (χ2n) is 2.88. The lowest BCUT2D eigenvalue weighted by molar-refractivity contribution is -0.141. The number of amides is 1. The topological polar surface area (TPSA) is 66.4 Å². The molecule has 0 bridgehead atoms. The Morgan fingerprint density at radius 1 is 1.50 bits per heavy atom. The normalized spacial score (nSPS) is 11.9. The Labute approximate surface area is 87.9 Å². The number of hydrogen-bond donors (Lipinski definition) is 2. The van der Waals surface area contributed by atoms with Crippen LogP contribution in [0.1, 0.15) is 26.2 Å². The van der Waals surface area contributed by atoms with Crippen molar-refractivity contribution < 1.29 is 14.7 Å². The van der Waals surface area contributed by atoms with Crippen molar-refractivity contribution in [1.82, 2.24) is 5.32 Å². The number of aliphatic carboxylic acids is 1. The van der Waals surface area contributed by atoms with Gasteiger partial charge < -0.3 is 10.4 Å². The molecule has 5 heteroatoms. The lowest BCUT2D eigenvalue weighted by atomic mass is 10.2. The molecule has 0 saturated heterocycles. The summed E-state index contributed by atoms with van der Waals surface area (Å²) in [5.41, 5.74) is 0. The van der Waals surface area contributed by atoms with E-state index in [2.05, 4.69) is 11.9 Å². The summed E-state index contributed by atoms with van der Waals surface area (Å²) < 4.78 is 0. The van der Waals surface area contributed by atoms with Crippen molar-refractivity contribution in [3.05, 3.63) is 11.6 Å². The van der Waals surface area contributed by atoms with Gasteiger partial charge >= 0.3 is 5.97 Å². The monoisotopic (exact) mass is 219 g/mol. The van der Waals surface area contributed by atoms with E-state index in [9.17, 15) is 9.59 Å². The Kier molecular flexibility index (Phi) is 5.95. The number of halogens is 1. The van der Waals surface area contributed by atoms with Gasteiger partial charge in [0, 0.05) is 11.5 Å². The largest absolute Gasteiger partial charge is 0.480 e. The fraction of sp³-hybridized carbons (Fsp3) is 0.556. The van der Waals surface area contributed by atoms with Gasteiger partial charge in [-0.25, -0.2) is 4.79 Å². The minimum Gasteiger partial charge on any atom is -0.480 e. The third-order valence-corrected chi connectivity index (χ3v) is 1.85. The van der Waals surface area contributed by atoms with E-state index in [-0.39, 0.29) is 12.3 Å². The smallest absolute Gasteiger partial charge is 0.326 e. The molecule has 0 fully saturated rings. The van der Waals surface area contributed by atoms with E-state index < -0.39 is 12.0 Å². The van der Waals surface area contributed by atoms with Crippen LogP contribution in [0.25, 0.3) is 0 Å². The van der Waals surface area contributed by atoms with Gasteiger partial charge in [-0.3, -0.25) is 4.79 Å². The van der Waals surface area contributed by atoms with Gasteiger partial charge in [0.25, 0.3) is 0 Å². The van der Waals surface area contributed by atoms with Gasteiger partial charge in [-0.15, -0.1) is 0 Å². The minimum atomic E-state index is -1.02. The first-order valence-corrected chi connectivity index (χ1v) is 4.70. The fourth-order valence-electron chi connectivity index (χ4n) is 0.854. The molecule has 14 heavy (non-hydrogen) atoms. The number of carboxylic acids is 1. The predicted molar refractivity (Wildman–Crippen MR) is 54.1 cm³/mol. The fourth-order valence-corrected chi connectivity index (χ4v) is 0.949. The molecule has 0 aromatic heterocycles. The Balaban J connectivity index is 3.91. The van der Waals surface area contributed by atoms with E-state index in [1.807, 2.05) is 0 Å². The van der Waals surface area contributed by atoms with Crippen molar-refractivity contribution in [2.75, 3.05) is 0 Å². The van der Waals surface area contributed by atoms with Crippen LogP contribution in [0.15, 0.2) is 11.6 Å². The molecule has 0 aromatic carbocycles. The SMILES string of the molecule is C=C(Cl)CCC(=O)NC(CC)C(=O)O. The van der Waals surface area contributed by atoms with Gasteiger partial charge in [0.15, 0.2) is 0 Å². The van der Waals surface area contributed by atoms with Crippen molar-refractivity contribution in [2.45, 2.75) is 32.2 Å². The number of carbonyl (C=O) groups excluding carboxylic acids is 1. The van der Waals surface area contributed by atoms with Crippen molar-refractivity contribution in [2.24, 2.45) is 0 Å². The zero-order valence-electron chi connectivity index (χ0n) is 8.05. The van der Waals surface area contributed by atoms with Gasteiger partial charge in [-0.05, 0) is 12.8 Å². The Hall–Kier alpha value is -1.03. The predicted octanol–water partition coefficient (Wildman–Crippen LogP) is 1.50. The van der Waals surface area contributed by atoms with Crippen molar-refractivity contribution in [1.29, 1.82) is 0 Å². The Bertz CT molecular complexity index is 240. The first-order valence-electron chi connectivity index (χ1n) is 4.32. The van der Waals surface area contributed by atoms with Crippen LogP contribution < -0.4 is 5.32 Å². The third-order valence-electron chi connectivity index (χ3n) is 1.66.